The van der Waals surface area contributed by atoms with E-state index in [0.29, 0.717) is 6.54 Å². The molecular formula is C11H15NO. The molecule has 1 amide bonds. The highest BCUT2D eigenvalue weighted by molar-refractivity contribution is 5.79. The average Bonchev–Trinajstić information content (AvgIpc) is 2.73. The van der Waals surface area contributed by atoms with Crippen LogP contribution in [0.4, 0.5) is 0 Å². The summed E-state index contributed by atoms with van der Waals surface area (Å²) in [7, 11) is 1.80. The summed E-state index contributed by atoms with van der Waals surface area (Å²) < 4.78 is 0. The Morgan fingerprint density at radius 3 is 2.62 bits per heavy atom. The van der Waals surface area contributed by atoms with Crippen LogP contribution in [0.5, 0.6) is 0 Å². The first-order valence-electron chi connectivity index (χ1n) is 4.90. The number of carbonyl (C=O) groups is 1. The van der Waals surface area contributed by atoms with E-state index in [1.807, 2.05) is 0 Å². The Hall–Kier alpha value is -0.970. The van der Waals surface area contributed by atoms with Gasteiger partial charge >= 0.3 is 0 Å². The maximum Gasteiger partial charge on any atom is 0.226 e. The molecule has 2 heteroatoms. The molecular weight excluding hydrogens is 162 g/mol. The van der Waals surface area contributed by atoms with Crippen molar-refractivity contribution in [1.82, 2.24) is 4.90 Å². The lowest BCUT2D eigenvalue weighted by Crippen LogP contribution is -2.32. The molecule has 2 aliphatic rings. The molecule has 0 N–H and O–H groups in total. The predicted molar refractivity (Wildman–Crippen MR) is 50.8 cm³/mol. The minimum Gasteiger partial charge on any atom is -0.334 e. The molecule has 0 aromatic heterocycles. The molecule has 0 bridgehead atoms. The van der Waals surface area contributed by atoms with Gasteiger partial charge in [-0.1, -0.05) is 5.92 Å². The molecule has 2 rings (SSSR count). The first kappa shape index (κ1) is 8.62. The maximum atomic E-state index is 11.7. The Morgan fingerprint density at radius 1 is 1.46 bits per heavy atom. The fourth-order valence-corrected chi connectivity index (χ4v) is 2.44. The van der Waals surface area contributed by atoms with Crippen molar-refractivity contribution in [2.75, 3.05) is 13.6 Å². The monoisotopic (exact) mass is 177 g/mol. The topological polar surface area (TPSA) is 20.3 Å². The van der Waals surface area contributed by atoms with Crippen molar-refractivity contribution in [2.24, 2.45) is 17.8 Å². The number of terminal acetylenes is 1. The summed E-state index contributed by atoms with van der Waals surface area (Å²) in [6.07, 6.45) is 8.74. The van der Waals surface area contributed by atoms with Gasteiger partial charge < -0.3 is 4.90 Å². The Balaban J connectivity index is 1.87. The van der Waals surface area contributed by atoms with Gasteiger partial charge in [-0.3, -0.25) is 4.79 Å². The molecule has 2 atom stereocenters. The lowest BCUT2D eigenvalue weighted by Gasteiger charge is -2.19. The van der Waals surface area contributed by atoms with Gasteiger partial charge in [0.1, 0.15) is 0 Å². The van der Waals surface area contributed by atoms with Gasteiger partial charge in [0.25, 0.3) is 0 Å². The van der Waals surface area contributed by atoms with Crippen LogP contribution in [0.25, 0.3) is 0 Å². The number of hydrogen-bond acceptors (Lipinski definition) is 1. The van der Waals surface area contributed by atoms with Gasteiger partial charge in [0.15, 0.2) is 0 Å². The molecule has 0 aromatic carbocycles. The molecule has 0 saturated heterocycles. The third-order valence-electron chi connectivity index (χ3n) is 3.30. The number of carbonyl (C=O) groups excluding carboxylic acids is 1. The van der Waals surface area contributed by atoms with Crippen LogP contribution in [-0.4, -0.2) is 24.4 Å². The zero-order valence-electron chi connectivity index (χ0n) is 7.99. The first-order chi connectivity index (χ1) is 6.22. The molecule has 0 aliphatic heterocycles. The highest BCUT2D eigenvalue weighted by Gasteiger charge is 2.48. The fraction of sp³-hybridized carbons (Fsp3) is 0.727. The number of fused-ring (bicyclic) bond motifs is 1. The van der Waals surface area contributed by atoms with Gasteiger partial charge in [0.05, 0.1) is 6.54 Å². The van der Waals surface area contributed by atoms with Crippen LogP contribution in [0.15, 0.2) is 0 Å². The number of hydrogen-bond donors (Lipinski definition) is 0. The fourth-order valence-electron chi connectivity index (χ4n) is 2.44. The predicted octanol–water partition coefficient (Wildman–Crippen LogP) is 1.12. The molecule has 0 aromatic rings. The molecule has 2 unspecified atom stereocenters. The zero-order chi connectivity index (χ0) is 9.42. The molecule has 2 aliphatic carbocycles. The van der Waals surface area contributed by atoms with Crippen molar-refractivity contribution in [2.45, 2.75) is 19.3 Å². The van der Waals surface area contributed by atoms with Crippen LogP contribution >= 0.6 is 0 Å². The van der Waals surface area contributed by atoms with E-state index in [1.165, 1.54) is 6.42 Å². The zero-order valence-corrected chi connectivity index (χ0v) is 7.99. The van der Waals surface area contributed by atoms with Crippen molar-refractivity contribution in [3.05, 3.63) is 0 Å². The van der Waals surface area contributed by atoms with Crippen molar-refractivity contribution < 1.29 is 4.79 Å². The van der Waals surface area contributed by atoms with Gasteiger partial charge in [0, 0.05) is 13.0 Å². The molecule has 2 fully saturated rings. The van der Waals surface area contributed by atoms with Crippen LogP contribution in [0.1, 0.15) is 19.3 Å². The molecule has 2 nitrogen and oxygen atoms in total. The van der Waals surface area contributed by atoms with E-state index in [9.17, 15) is 4.79 Å². The Morgan fingerprint density at radius 2 is 2.08 bits per heavy atom. The largest absolute Gasteiger partial charge is 0.334 e. The third-order valence-corrected chi connectivity index (χ3v) is 3.30. The van der Waals surface area contributed by atoms with Gasteiger partial charge in [-0.2, -0.15) is 0 Å². The highest BCUT2D eigenvalue weighted by atomic mass is 16.2. The van der Waals surface area contributed by atoms with Crippen molar-refractivity contribution in [1.29, 1.82) is 0 Å². The lowest BCUT2D eigenvalue weighted by atomic mass is 10.0. The van der Waals surface area contributed by atoms with Crippen LogP contribution in [-0.2, 0) is 4.79 Å². The van der Waals surface area contributed by atoms with E-state index < -0.39 is 0 Å². The normalized spacial score (nSPS) is 34.9. The number of rotatable bonds is 2. The lowest BCUT2D eigenvalue weighted by molar-refractivity contribution is -0.133. The Kier molecular flexibility index (Phi) is 2.03. The van der Waals surface area contributed by atoms with Gasteiger partial charge in [0.2, 0.25) is 5.91 Å². The van der Waals surface area contributed by atoms with E-state index in [1.54, 1.807) is 11.9 Å². The first-order valence-corrected chi connectivity index (χ1v) is 4.90. The van der Waals surface area contributed by atoms with Crippen LogP contribution < -0.4 is 0 Å². The molecule has 0 heterocycles. The van der Waals surface area contributed by atoms with Crippen molar-refractivity contribution >= 4 is 5.91 Å². The van der Waals surface area contributed by atoms with Gasteiger partial charge in [-0.05, 0) is 31.1 Å². The minimum absolute atomic E-state index is 0.255. The summed E-state index contributed by atoms with van der Waals surface area (Å²) in [6.45, 7) is 0.449. The van der Waals surface area contributed by atoms with E-state index in [4.69, 9.17) is 6.42 Å². The Bertz CT molecular complexity index is 256. The summed E-state index contributed by atoms with van der Waals surface area (Å²) >= 11 is 0. The van der Waals surface area contributed by atoms with Gasteiger partial charge in [-0.25, -0.2) is 0 Å². The molecule has 0 radical (unpaired) electrons. The highest BCUT2D eigenvalue weighted by Crippen LogP contribution is 2.54. The van der Waals surface area contributed by atoms with E-state index in [-0.39, 0.29) is 11.8 Å². The summed E-state index contributed by atoms with van der Waals surface area (Å²) in [4.78, 5) is 13.4. The minimum atomic E-state index is 0.255. The van der Waals surface area contributed by atoms with Crippen LogP contribution in [0.2, 0.25) is 0 Å². The van der Waals surface area contributed by atoms with E-state index in [0.717, 1.165) is 24.7 Å². The quantitative estimate of drug-likeness (QED) is 0.579. The molecule has 13 heavy (non-hydrogen) atoms. The maximum absolute atomic E-state index is 11.7. The Labute approximate surface area is 79.3 Å². The summed E-state index contributed by atoms with van der Waals surface area (Å²) in [6, 6.07) is 0. The van der Waals surface area contributed by atoms with Gasteiger partial charge in [-0.15, -0.1) is 6.42 Å². The van der Waals surface area contributed by atoms with Crippen LogP contribution in [0, 0.1) is 30.1 Å². The van der Waals surface area contributed by atoms with Crippen LogP contribution in [0.3, 0.4) is 0 Å². The molecule has 0 spiro atoms. The number of amides is 1. The molecule has 70 valence electrons. The van der Waals surface area contributed by atoms with E-state index >= 15 is 0 Å². The third kappa shape index (κ3) is 1.56. The summed E-state index contributed by atoms with van der Waals surface area (Å²) in [5.41, 5.74) is 0. The SMILES string of the molecule is C#CCN(C)C(=O)C1CC2CC2C1. The second-order valence-corrected chi connectivity index (χ2v) is 4.32. The smallest absolute Gasteiger partial charge is 0.226 e. The standard InChI is InChI=1S/C11H15NO/c1-3-4-12(2)11(13)10-6-8-5-9(8)7-10/h1,8-10H,4-7H2,2H3. The van der Waals surface area contributed by atoms with Crippen molar-refractivity contribution in [3.63, 3.8) is 0 Å². The number of nitrogens with zero attached hydrogens (tertiary/aromatic N) is 1. The second kappa shape index (κ2) is 3.06. The summed E-state index contributed by atoms with van der Waals surface area (Å²) in [5.74, 6) is 4.77. The summed E-state index contributed by atoms with van der Waals surface area (Å²) in [5, 5.41) is 0. The average molecular weight is 177 g/mol. The molecule has 2 saturated carbocycles. The van der Waals surface area contributed by atoms with Crippen molar-refractivity contribution in [3.8, 4) is 12.3 Å². The van der Waals surface area contributed by atoms with E-state index in [2.05, 4.69) is 5.92 Å². The second-order valence-electron chi connectivity index (χ2n) is 4.32.